The number of nitrogens with one attached hydrogen (secondary N) is 1. The van der Waals surface area contributed by atoms with Crippen LogP contribution in [0.5, 0.6) is 0 Å². The lowest BCUT2D eigenvalue weighted by Crippen LogP contribution is -2.43. The molecular weight excluding hydrogens is 261 g/mol. The van der Waals surface area contributed by atoms with Gasteiger partial charge in [-0.2, -0.15) is 0 Å². The Kier molecular flexibility index (Phi) is 4.49. The topological polar surface area (TPSA) is 84.1 Å². The van der Waals surface area contributed by atoms with Crippen LogP contribution in [-0.4, -0.2) is 46.5 Å². The van der Waals surface area contributed by atoms with Gasteiger partial charge in [0.2, 0.25) is 5.91 Å². The second kappa shape index (κ2) is 6.13. The fourth-order valence-corrected chi connectivity index (χ4v) is 2.44. The number of carbonyl (C=O) groups excluding carboxylic acids is 1. The van der Waals surface area contributed by atoms with E-state index >= 15 is 0 Å². The number of nitrogens with two attached hydrogens (primary N) is 1. The highest BCUT2D eigenvalue weighted by Gasteiger charge is 2.21. The molecule has 1 aromatic heterocycles. The van der Waals surface area contributed by atoms with E-state index in [1.54, 1.807) is 13.8 Å². The van der Waals surface area contributed by atoms with Gasteiger partial charge in [-0.25, -0.2) is 14.4 Å². The standard InChI is InChI=1S/C13H20FN5O/c1-8-12(14)13(17-9(2)16-8)18-10-3-5-19(6-4-10)7-11(15)20/h10H,3-7H2,1-2H3,(H2,15,20)(H,16,17,18). The number of amides is 1. The summed E-state index contributed by atoms with van der Waals surface area (Å²) in [4.78, 5) is 21.0. The maximum Gasteiger partial charge on any atom is 0.231 e. The van der Waals surface area contributed by atoms with Gasteiger partial charge in [0, 0.05) is 19.1 Å². The van der Waals surface area contributed by atoms with Gasteiger partial charge in [0.25, 0.3) is 0 Å². The molecule has 1 amide bonds. The van der Waals surface area contributed by atoms with Crippen LogP contribution in [-0.2, 0) is 4.79 Å². The zero-order chi connectivity index (χ0) is 14.7. The van der Waals surface area contributed by atoms with Crippen LogP contribution in [0, 0.1) is 19.7 Å². The first kappa shape index (κ1) is 14.6. The van der Waals surface area contributed by atoms with E-state index in [9.17, 15) is 9.18 Å². The molecule has 6 nitrogen and oxygen atoms in total. The zero-order valence-corrected chi connectivity index (χ0v) is 11.8. The summed E-state index contributed by atoms with van der Waals surface area (Å²) >= 11 is 0. The Labute approximate surface area is 117 Å². The van der Waals surface area contributed by atoms with Gasteiger partial charge >= 0.3 is 0 Å². The lowest BCUT2D eigenvalue weighted by atomic mass is 10.1. The van der Waals surface area contributed by atoms with Gasteiger partial charge in [0.05, 0.1) is 12.2 Å². The van der Waals surface area contributed by atoms with Crippen molar-refractivity contribution in [1.82, 2.24) is 14.9 Å². The number of likely N-dealkylation sites (tertiary alicyclic amines) is 1. The summed E-state index contributed by atoms with van der Waals surface area (Å²) in [6.07, 6.45) is 1.66. The van der Waals surface area contributed by atoms with Crippen LogP contribution in [0.15, 0.2) is 0 Å². The minimum Gasteiger partial charge on any atom is -0.369 e. The minimum atomic E-state index is -0.393. The fourth-order valence-electron chi connectivity index (χ4n) is 2.44. The van der Waals surface area contributed by atoms with E-state index in [2.05, 4.69) is 15.3 Å². The summed E-state index contributed by atoms with van der Waals surface area (Å²) < 4.78 is 13.9. The highest BCUT2D eigenvalue weighted by molar-refractivity contribution is 5.75. The number of primary amides is 1. The molecule has 0 unspecified atom stereocenters. The minimum absolute atomic E-state index is 0.155. The van der Waals surface area contributed by atoms with Crippen molar-refractivity contribution in [3.8, 4) is 0 Å². The molecule has 0 radical (unpaired) electrons. The van der Waals surface area contributed by atoms with Crippen molar-refractivity contribution in [3.05, 3.63) is 17.3 Å². The molecule has 1 fully saturated rings. The van der Waals surface area contributed by atoms with Crippen molar-refractivity contribution in [2.24, 2.45) is 5.73 Å². The molecule has 2 heterocycles. The van der Waals surface area contributed by atoms with E-state index in [0.29, 0.717) is 11.5 Å². The van der Waals surface area contributed by atoms with Crippen molar-refractivity contribution in [3.63, 3.8) is 0 Å². The third-order valence-corrected chi connectivity index (χ3v) is 3.44. The molecule has 0 saturated carbocycles. The first-order valence-electron chi connectivity index (χ1n) is 6.73. The van der Waals surface area contributed by atoms with E-state index in [1.165, 1.54) is 0 Å². The number of anilines is 1. The monoisotopic (exact) mass is 281 g/mol. The number of piperidine rings is 1. The number of hydrogen-bond donors (Lipinski definition) is 2. The van der Waals surface area contributed by atoms with Gasteiger partial charge in [0.1, 0.15) is 5.82 Å². The summed E-state index contributed by atoms with van der Waals surface area (Å²) in [6.45, 7) is 5.20. The molecule has 1 aliphatic rings. The summed E-state index contributed by atoms with van der Waals surface area (Å²) in [5.74, 6) is 0.112. The van der Waals surface area contributed by atoms with Crippen LogP contribution in [0.25, 0.3) is 0 Å². The van der Waals surface area contributed by atoms with Crippen molar-refractivity contribution in [1.29, 1.82) is 0 Å². The molecular formula is C13H20FN5O. The van der Waals surface area contributed by atoms with E-state index < -0.39 is 5.82 Å². The summed E-state index contributed by atoms with van der Waals surface area (Å²) in [6, 6.07) is 0.155. The van der Waals surface area contributed by atoms with E-state index in [0.717, 1.165) is 25.9 Å². The zero-order valence-electron chi connectivity index (χ0n) is 11.8. The maximum absolute atomic E-state index is 13.9. The van der Waals surface area contributed by atoms with Crippen LogP contribution in [0.1, 0.15) is 24.4 Å². The largest absolute Gasteiger partial charge is 0.369 e. The third kappa shape index (κ3) is 3.63. The molecule has 1 saturated heterocycles. The van der Waals surface area contributed by atoms with Crippen LogP contribution >= 0.6 is 0 Å². The number of hydrogen-bond acceptors (Lipinski definition) is 5. The number of halogens is 1. The molecule has 1 aromatic rings. The summed E-state index contributed by atoms with van der Waals surface area (Å²) in [5, 5.41) is 3.14. The predicted octanol–water partition coefficient (Wildman–Crippen LogP) is 0.594. The highest BCUT2D eigenvalue weighted by atomic mass is 19.1. The SMILES string of the molecule is Cc1nc(C)c(F)c(NC2CCN(CC(N)=O)CC2)n1. The molecule has 0 aromatic carbocycles. The number of aryl methyl sites for hydroxylation is 2. The Morgan fingerprint density at radius 3 is 2.65 bits per heavy atom. The first-order valence-corrected chi connectivity index (χ1v) is 6.73. The third-order valence-electron chi connectivity index (χ3n) is 3.44. The Balaban J connectivity index is 1.94. The quantitative estimate of drug-likeness (QED) is 0.844. The van der Waals surface area contributed by atoms with Gasteiger partial charge in [-0.05, 0) is 26.7 Å². The van der Waals surface area contributed by atoms with Gasteiger partial charge in [-0.1, -0.05) is 0 Å². The van der Waals surface area contributed by atoms with E-state index in [4.69, 9.17) is 5.73 Å². The fraction of sp³-hybridized carbons (Fsp3) is 0.615. The van der Waals surface area contributed by atoms with Crippen LogP contribution in [0.3, 0.4) is 0 Å². The Morgan fingerprint density at radius 2 is 2.05 bits per heavy atom. The van der Waals surface area contributed by atoms with E-state index in [1.807, 2.05) is 4.90 Å². The van der Waals surface area contributed by atoms with Crippen LogP contribution in [0.4, 0.5) is 10.2 Å². The number of aromatic nitrogens is 2. The number of carbonyl (C=O) groups is 1. The smallest absolute Gasteiger partial charge is 0.231 e. The second-order valence-corrected chi connectivity index (χ2v) is 5.18. The lowest BCUT2D eigenvalue weighted by molar-refractivity contribution is -0.119. The number of nitrogens with zero attached hydrogens (tertiary/aromatic N) is 3. The number of rotatable bonds is 4. The molecule has 2 rings (SSSR count). The molecule has 7 heteroatoms. The first-order chi connectivity index (χ1) is 9.45. The van der Waals surface area contributed by atoms with Crippen LogP contribution < -0.4 is 11.1 Å². The average Bonchev–Trinajstić information content (AvgIpc) is 2.37. The second-order valence-electron chi connectivity index (χ2n) is 5.18. The Morgan fingerprint density at radius 1 is 1.40 bits per heavy atom. The molecule has 0 bridgehead atoms. The molecule has 110 valence electrons. The molecule has 1 aliphatic heterocycles. The molecule has 0 aliphatic carbocycles. The highest BCUT2D eigenvalue weighted by Crippen LogP contribution is 2.19. The van der Waals surface area contributed by atoms with Crippen molar-refractivity contribution in [2.45, 2.75) is 32.7 Å². The normalized spacial score (nSPS) is 17.1. The van der Waals surface area contributed by atoms with E-state index in [-0.39, 0.29) is 24.3 Å². The van der Waals surface area contributed by atoms with Crippen LogP contribution in [0.2, 0.25) is 0 Å². The van der Waals surface area contributed by atoms with Gasteiger partial charge < -0.3 is 11.1 Å². The summed E-state index contributed by atoms with van der Waals surface area (Å²) in [5.41, 5.74) is 5.52. The van der Waals surface area contributed by atoms with Gasteiger partial charge in [0.15, 0.2) is 11.6 Å². The predicted molar refractivity (Wildman–Crippen MR) is 73.7 cm³/mol. The van der Waals surface area contributed by atoms with Crippen molar-refractivity contribution < 1.29 is 9.18 Å². The molecule has 0 spiro atoms. The van der Waals surface area contributed by atoms with Crippen molar-refractivity contribution in [2.75, 3.05) is 25.0 Å². The maximum atomic E-state index is 13.9. The average molecular weight is 281 g/mol. The Hall–Kier alpha value is -1.76. The van der Waals surface area contributed by atoms with Crippen molar-refractivity contribution >= 4 is 11.7 Å². The Bertz CT molecular complexity index is 500. The van der Waals surface area contributed by atoms with Gasteiger partial charge in [-0.15, -0.1) is 0 Å². The lowest BCUT2D eigenvalue weighted by Gasteiger charge is -2.31. The molecule has 3 N–H and O–H groups in total. The van der Waals surface area contributed by atoms with Gasteiger partial charge in [-0.3, -0.25) is 9.69 Å². The molecule has 0 atom stereocenters. The summed E-state index contributed by atoms with van der Waals surface area (Å²) in [7, 11) is 0. The molecule has 20 heavy (non-hydrogen) atoms.